The van der Waals surface area contributed by atoms with Crippen LogP contribution in [0, 0.1) is 12.7 Å². The average Bonchev–Trinajstić information content (AvgIpc) is 3.13. The largest absolute Gasteiger partial charge is 0.356 e. The Morgan fingerprint density at radius 2 is 2.04 bits per heavy atom. The molecule has 0 spiro atoms. The highest BCUT2D eigenvalue weighted by Crippen LogP contribution is 2.20. The summed E-state index contributed by atoms with van der Waals surface area (Å²) in [6.07, 6.45) is 2.35. The van der Waals surface area contributed by atoms with Crippen LogP contribution < -0.4 is 15.5 Å². The molecule has 0 unspecified atom stereocenters. The second-order valence-corrected chi connectivity index (χ2v) is 6.57. The first-order valence-corrected chi connectivity index (χ1v) is 8.99. The summed E-state index contributed by atoms with van der Waals surface area (Å²) in [6.45, 7) is 4.65. The van der Waals surface area contributed by atoms with Crippen molar-refractivity contribution in [2.24, 2.45) is 0 Å². The second kappa shape index (κ2) is 8.31. The van der Waals surface area contributed by atoms with E-state index in [4.69, 9.17) is 11.6 Å². The van der Waals surface area contributed by atoms with Crippen LogP contribution in [0.1, 0.15) is 28.9 Å². The van der Waals surface area contributed by atoms with Crippen molar-refractivity contribution in [1.82, 2.24) is 15.3 Å². The number of anilines is 2. The number of nitrogens with zero attached hydrogens (tertiary/aromatic N) is 3. The lowest BCUT2D eigenvalue weighted by atomic mass is 10.2. The highest BCUT2D eigenvalue weighted by atomic mass is 35.5. The Bertz CT molecular complexity index is 775. The predicted molar refractivity (Wildman–Crippen MR) is 100 cm³/mol. The van der Waals surface area contributed by atoms with Crippen molar-refractivity contribution in [3.63, 3.8) is 0 Å². The van der Waals surface area contributed by atoms with Crippen LogP contribution in [0.5, 0.6) is 0 Å². The molecule has 8 heteroatoms. The van der Waals surface area contributed by atoms with Gasteiger partial charge in [0.25, 0.3) is 5.91 Å². The van der Waals surface area contributed by atoms with E-state index in [0.29, 0.717) is 19.0 Å². The van der Waals surface area contributed by atoms with E-state index >= 15 is 0 Å². The molecule has 0 saturated carbocycles. The van der Waals surface area contributed by atoms with Gasteiger partial charge in [-0.2, -0.15) is 4.98 Å². The molecule has 1 fully saturated rings. The van der Waals surface area contributed by atoms with Gasteiger partial charge in [-0.3, -0.25) is 4.79 Å². The highest BCUT2D eigenvalue weighted by molar-refractivity contribution is 6.33. The molecule has 1 saturated heterocycles. The molecule has 0 radical (unpaired) electrons. The van der Waals surface area contributed by atoms with Gasteiger partial charge >= 0.3 is 0 Å². The molecule has 1 aromatic heterocycles. The minimum Gasteiger partial charge on any atom is -0.356 e. The second-order valence-electron chi connectivity index (χ2n) is 6.16. The van der Waals surface area contributed by atoms with Crippen molar-refractivity contribution >= 4 is 29.3 Å². The molecule has 2 heterocycles. The number of benzene rings is 1. The summed E-state index contributed by atoms with van der Waals surface area (Å²) in [4.78, 5) is 23.2. The summed E-state index contributed by atoms with van der Waals surface area (Å²) in [6, 6.07) is 6.12. The average molecular weight is 378 g/mol. The van der Waals surface area contributed by atoms with E-state index in [1.165, 1.54) is 31.0 Å². The van der Waals surface area contributed by atoms with Crippen LogP contribution in [-0.4, -0.2) is 42.1 Å². The Morgan fingerprint density at radius 1 is 1.27 bits per heavy atom. The molecule has 1 amide bonds. The van der Waals surface area contributed by atoms with Gasteiger partial charge in [-0.05, 0) is 31.9 Å². The molecule has 26 heavy (non-hydrogen) atoms. The molecule has 2 N–H and O–H groups in total. The number of carbonyl (C=O) groups is 1. The van der Waals surface area contributed by atoms with Crippen molar-refractivity contribution in [2.45, 2.75) is 19.8 Å². The minimum absolute atomic E-state index is 0.0905. The molecule has 0 aliphatic carbocycles. The zero-order chi connectivity index (χ0) is 18.5. The summed E-state index contributed by atoms with van der Waals surface area (Å²) in [5.74, 6) is 0.253. The van der Waals surface area contributed by atoms with Gasteiger partial charge in [0.2, 0.25) is 5.95 Å². The number of hydrogen-bond donors (Lipinski definition) is 2. The van der Waals surface area contributed by atoms with E-state index in [1.807, 2.05) is 13.0 Å². The predicted octanol–water partition coefficient (Wildman–Crippen LogP) is 3.02. The van der Waals surface area contributed by atoms with E-state index in [-0.39, 0.29) is 10.6 Å². The van der Waals surface area contributed by atoms with Crippen LogP contribution in [0.4, 0.5) is 16.2 Å². The Hall–Kier alpha value is -2.41. The quantitative estimate of drug-likeness (QED) is 0.757. The highest BCUT2D eigenvalue weighted by Gasteiger charge is 2.16. The first-order valence-electron chi connectivity index (χ1n) is 8.61. The van der Waals surface area contributed by atoms with Crippen molar-refractivity contribution in [1.29, 1.82) is 0 Å². The Labute approximate surface area is 156 Å². The number of aryl methyl sites for hydroxylation is 1. The smallest absolute Gasteiger partial charge is 0.255 e. The lowest BCUT2D eigenvalue weighted by molar-refractivity contribution is 0.0951. The van der Waals surface area contributed by atoms with E-state index in [0.717, 1.165) is 24.6 Å². The van der Waals surface area contributed by atoms with Crippen LogP contribution in [-0.2, 0) is 0 Å². The number of amides is 1. The van der Waals surface area contributed by atoms with Gasteiger partial charge in [-0.1, -0.05) is 17.7 Å². The van der Waals surface area contributed by atoms with Crippen LogP contribution in [0.15, 0.2) is 24.3 Å². The van der Waals surface area contributed by atoms with Gasteiger partial charge in [0.1, 0.15) is 11.6 Å². The van der Waals surface area contributed by atoms with E-state index in [9.17, 15) is 9.18 Å². The fraction of sp³-hybridized carbons (Fsp3) is 0.389. The molecular formula is C18H21ClFN5O. The van der Waals surface area contributed by atoms with E-state index in [1.54, 1.807) is 0 Å². The number of rotatable bonds is 6. The first-order chi connectivity index (χ1) is 12.5. The fourth-order valence-electron chi connectivity index (χ4n) is 2.89. The van der Waals surface area contributed by atoms with Gasteiger partial charge in [-0.25, -0.2) is 9.37 Å². The number of halogens is 2. The fourth-order valence-corrected chi connectivity index (χ4v) is 3.14. The van der Waals surface area contributed by atoms with Crippen LogP contribution in [0.25, 0.3) is 0 Å². The summed E-state index contributed by atoms with van der Waals surface area (Å²) >= 11 is 5.89. The van der Waals surface area contributed by atoms with Crippen molar-refractivity contribution in [3.05, 3.63) is 46.4 Å². The van der Waals surface area contributed by atoms with Crippen molar-refractivity contribution in [2.75, 3.05) is 36.4 Å². The van der Waals surface area contributed by atoms with Gasteiger partial charge in [0, 0.05) is 37.9 Å². The van der Waals surface area contributed by atoms with Crippen molar-refractivity contribution in [3.8, 4) is 0 Å². The summed E-state index contributed by atoms with van der Waals surface area (Å²) < 4.78 is 13.7. The Kier molecular flexibility index (Phi) is 5.88. The van der Waals surface area contributed by atoms with Crippen LogP contribution in [0.3, 0.4) is 0 Å². The van der Waals surface area contributed by atoms with Gasteiger partial charge < -0.3 is 15.5 Å². The van der Waals surface area contributed by atoms with Crippen LogP contribution in [0.2, 0.25) is 5.02 Å². The zero-order valence-electron chi connectivity index (χ0n) is 14.6. The number of nitrogens with one attached hydrogen (secondary N) is 2. The summed E-state index contributed by atoms with van der Waals surface area (Å²) in [5.41, 5.74) is 0.740. The number of carbonyl (C=O) groups excluding carboxylic acids is 1. The third-order valence-electron chi connectivity index (χ3n) is 4.15. The Morgan fingerprint density at radius 3 is 2.77 bits per heavy atom. The molecular weight excluding hydrogens is 357 g/mol. The number of hydrogen-bond acceptors (Lipinski definition) is 5. The minimum atomic E-state index is -0.639. The van der Waals surface area contributed by atoms with Crippen LogP contribution >= 0.6 is 11.6 Å². The maximum Gasteiger partial charge on any atom is 0.255 e. The van der Waals surface area contributed by atoms with Gasteiger partial charge in [0.15, 0.2) is 0 Å². The Balaban J connectivity index is 1.54. The zero-order valence-corrected chi connectivity index (χ0v) is 15.3. The monoisotopic (exact) mass is 377 g/mol. The van der Waals surface area contributed by atoms with Gasteiger partial charge in [0.05, 0.1) is 10.6 Å². The molecule has 2 aromatic rings. The third kappa shape index (κ3) is 4.40. The lowest BCUT2D eigenvalue weighted by Crippen LogP contribution is -2.30. The molecule has 1 aliphatic heterocycles. The molecule has 0 atom stereocenters. The van der Waals surface area contributed by atoms with E-state index in [2.05, 4.69) is 25.5 Å². The lowest BCUT2D eigenvalue weighted by Gasteiger charge is -2.17. The van der Waals surface area contributed by atoms with Gasteiger partial charge in [-0.15, -0.1) is 0 Å². The molecule has 1 aromatic carbocycles. The summed E-state index contributed by atoms with van der Waals surface area (Å²) in [5, 5.41) is 5.83. The summed E-state index contributed by atoms with van der Waals surface area (Å²) in [7, 11) is 0. The molecule has 0 bridgehead atoms. The number of aromatic nitrogens is 2. The van der Waals surface area contributed by atoms with E-state index < -0.39 is 11.7 Å². The maximum atomic E-state index is 13.7. The first kappa shape index (κ1) is 18.4. The SMILES string of the molecule is Cc1cc(N2CCCC2)nc(NCCNC(=O)c2c(F)cccc2Cl)n1. The third-order valence-corrected chi connectivity index (χ3v) is 4.47. The normalized spacial score (nSPS) is 13.7. The molecule has 3 rings (SSSR count). The molecule has 138 valence electrons. The topological polar surface area (TPSA) is 70.2 Å². The molecule has 6 nitrogen and oxygen atoms in total. The molecule has 1 aliphatic rings. The maximum absolute atomic E-state index is 13.7. The standard InChI is InChI=1S/C18H21ClFN5O/c1-12-11-15(25-9-2-3-10-25)24-18(23-12)22-8-7-21-17(26)16-13(19)5-4-6-14(16)20/h4-6,11H,2-3,7-10H2,1H3,(H,21,26)(H,22,23,24). The van der Waals surface area contributed by atoms with Crippen molar-refractivity contribution < 1.29 is 9.18 Å².